The zero-order chi connectivity index (χ0) is 48.6. The third-order valence-corrected chi connectivity index (χ3v) is 11.8. The van der Waals surface area contributed by atoms with Crippen molar-refractivity contribution in [3.8, 4) is 22.8 Å². The van der Waals surface area contributed by atoms with Crippen LogP contribution in [0.25, 0.3) is 44.8 Å². The van der Waals surface area contributed by atoms with Crippen LogP contribution >= 0.6 is 39.1 Å². The van der Waals surface area contributed by atoms with Crippen LogP contribution in [0.15, 0.2) is 151 Å². The third-order valence-electron chi connectivity index (χ3n) is 10.4. The number of amides is 1. The lowest BCUT2D eigenvalue weighted by molar-refractivity contribution is 0.0991. The van der Waals surface area contributed by atoms with E-state index in [2.05, 4.69) is 61.7 Å². The molecule has 1 amide bonds. The summed E-state index contributed by atoms with van der Waals surface area (Å²) in [6.07, 6.45) is 10.8. The van der Waals surface area contributed by atoms with E-state index in [0.29, 0.717) is 61.4 Å². The second-order valence-corrected chi connectivity index (χ2v) is 17.4. The van der Waals surface area contributed by atoms with E-state index in [9.17, 15) is 9.59 Å². The van der Waals surface area contributed by atoms with Crippen molar-refractivity contribution in [1.82, 2.24) is 49.5 Å². The molecule has 15 nitrogen and oxygen atoms in total. The van der Waals surface area contributed by atoms with Crippen LogP contribution in [-0.2, 0) is 20.5 Å². The first kappa shape index (κ1) is 47.6. The number of ketones is 1. The number of fused-ring (bicyclic) bond motifs is 2. The number of aromatic nitrogens is 10. The minimum atomic E-state index is -0.155. The molecule has 6 aromatic heterocycles. The van der Waals surface area contributed by atoms with Crippen molar-refractivity contribution < 1.29 is 9.59 Å². The Morgan fingerprint density at radius 1 is 0.667 bits per heavy atom. The van der Waals surface area contributed by atoms with E-state index in [-0.39, 0.29) is 18.1 Å². The fraction of sp³-hybridized carbons (Fsp3) is 0.0980. The number of nitrogen functional groups attached to an aromatic ring is 1. The zero-order valence-corrected chi connectivity index (χ0v) is 40.7. The van der Waals surface area contributed by atoms with E-state index >= 15 is 0 Å². The SMILES string of the molecule is Cc1ccc(C(=O)Cc2cccc(Cl)c2)cc1Nc1nc(-c2cccnc2)nc2nn(C)cc12.Cc1ccc(C(=O)Nc2cccc(Cl)c2)cc1Br.Cn1cc2c(N)nc(-c3cccnc3)nc2n1. The standard InChI is InChI=1S/C26H21ClN6O.C14H11BrClNO.C11H10N6/c1-16-8-9-18(23(34)12-17-5-3-7-20(27)11-17)13-22(16)29-25-21-15-33(2)32-26(21)31-24(30-25)19-6-4-10-28-14-19;1-9-5-6-10(7-13(9)15)14(18)17-12-4-2-3-11(16)8-12;1-17-6-8-9(12)14-10(15-11(8)16-17)7-3-2-4-13-5-7/h3-11,13-15H,12H2,1-2H3,(H,29,30,31,32);2-8H,1H3,(H,17,18);2-6H,1H3,(H2,12,14,15,16). The number of hydrogen-bond donors (Lipinski definition) is 3. The van der Waals surface area contributed by atoms with Gasteiger partial charge in [0.2, 0.25) is 0 Å². The maximum Gasteiger partial charge on any atom is 0.255 e. The number of benzene rings is 4. The molecule has 0 unspecified atom stereocenters. The smallest absolute Gasteiger partial charge is 0.255 e. The first-order chi connectivity index (χ1) is 33.3. The predicted molar refractivity (Wildman–Crippen MR) is 276 cm³/mol. The highest BCUT2D eigenvalue weighted by Crippen LogP contribution is 2.29. The summed E-state index contributed by atoms with van der Waals surface area (Å²) in [6.45, 7) is 3.96. The normalized spacial score (nSPS) is 10.8. The molecule has 69 heavy (non-hydrogen) atoms. The van der Waals surface area contributed by atoms with Gasteiger partial charge in [-0.15, -0.1) is 0 Å². The fourth-order valence-electron chi connectivity index (χ4n) is 6.90. The summed E-state index contributed by atoms with van der Waals surface area (Å²) in [5.41, 5.74) is 14.3. The van der Waals surface area contributed by atoms with Crippen LogP contribution in [0.2, 0.25) is 10.0 Å². The monoisotopic (exact) mass is 1020 g/mol. The fourth-order valence-corrected chi connectivity index (χ4v) is 7.68. The Kier molecular flexibility index (Phi) is 14.7. The molecule has 0 aliphatic carbocycles. The Labute approximate surface area is 415 Å². The minimum Gasteiger partial charge on any atom is -0.383 e. The van der Waals surface area contributed by atoms with Crippen LogP contribution in [0.3, 0.4) is 0 Å². The number of carbonyl (C=O) groups is 2. The maximum atomic E-state index is 13.0. The van der Waals surface area contributed by atoms with Crippen molar-refractivity contribution in [2.75, 3.05) is 16.4 Å². The Bertz CT molecular complexity index is 3480. The maximum absolute atomic E-state index is 13.0. The number of rotatable bonds is 9. The first-order valence-corrected chi connectivity index (χ1v) is 22.8. The summed E-state index contributed by atoms with van der Waals surface area (Å²) in [6, 6.07) is 33.0. The molecular formula is C51H42BrCl2N13O2. The highest BCUT2D eigenvalue weighted by Gasteiger charge is 2.16. The molecule has 0 radical (unpaired) electrons. The Morgan fingerprint density at radius 2 is 1.28 bits per heavy atom. The van der Waals surface area contributed by atoms with Gasteiger partial charge >= 0.3 is 0 Å². The molecule has 0 saturated heterocycles. The molecule has 10 rings (SSSR count). The summed E-state index contributed by atoms with van der Waals surface area (Å²) < 4.78 is 4.29. The first-order valence-electron chi connectivity index (χ1n) is 21.2. The molecule has 344 valence electrons. The van der Waals surface area contributed by atoms with E-state index in [1.165, 1.54) is 0 Å². The molecule has 6 heterocycles. The highest BCUT2D eigenvalue weighted by atomic mass is 79.9. The molecule has 10 aromatic rings. The van der Waals surface area contributed by atoms with Crippen LogP contribution in [0, 0.1) is 13.8 Å². The van der Waals surface area contributed by atoms with Gasteiger partial charge in [0, 0.05) is 106 Å². The topological polar surface area (TPSA) is 197 Å². The van der Waals surface area contributed by atoms with Crippen molar-refractivity contribution in [2.45, 2.75) is 20.3 Å². The van der Waals surface area contributed by atoms with Crippen molar-refractivity contribution in [3.05, 3.63) is 189 Å². The van der Waals surface area contributed by atoms with E-state index in [4.69, 9.17) is 33.9 Å². The van der Waals surface area contributed by atoms with Gasteiger partial charge in [0.1, 0.15) is 11.6 Å². The average Bonchev–Trinajstić information content (AvgIpc) is 3.92. The molecule has 0 aliphatic rings. The van der Waals surface area contributed by atoms with E-state index in [1.54, 1.807) is 82.8 Å². The number of hydrogen-bond acceptors (Lipinski definition) is 12. The van der Waals surface area contributed by atoms with Gasteiger partial charge in [0.05, 0.1) is 10.8 Å². The van der Waals surface area contributed by atoms with Crippen LogP contribution in [-0.4, -0.2) is 61.2 Å². The van der Waals surface area contributed by atoms with Crippen LogP contribution < -0.4 is 16.4 Å². The largest absolute Gasteiger partial charge is 0.383 e. The molecule has 4 N–H and O–H groups in total. The number of halogens is 3. The molecule has 0 saturated carbocycles. The number of nitrogens with one attached hydrogen (secondary N) is 2. The van der Waals surface area contributed by atoms with Gasteiger partial charge < -0.3 is 16.4 Å². The number of anilines is 4. The number of carbonyl (C=O) groups excluding carboxylic acids is 2. The van der Waals surface area contributed by atoms with Gasteiger partial charge in [-0.2, -0.15) is 10.2 Å². The third kappa shape index (κ3) is 12.0. The molecule has 0 aliphatic heterocycles. The van der Waals surface area contributed by atoms with Gasteiger partial charge in [-0.25, -0.2) is 19.9 Å². The second kappa shape index (κ2) is 21.4. The van der Waals surface area contributed by atoms with Gasteiger partial charge in [-0.1, -0.05) is 75.5 Å². The number of nitrogens with two attached hydrogens (primary N) is 1. The van der Waals surface area contributed by atoms with E-state index in [1.807, 2.05) is 101 Å². The predicted octanol–water partition coefficient (Wildman–Crippen LogP) is 11.2. The van der Waals surface area contributed by atoms with E-state index in [0.717, 1.165) is 48.7 Å². The molecule has 0 bridgehead atoms. The lowest BCUT2D eigenvalue weighted by Crippen LogP contribution is -2.11. The second-order valence-electron chi connectivity index (χ2n) is 15.7. The summed E-state index contributed by atoms with van der Waals surface area (Å²) in [4.78, 5) is 51.2. The Morgan fingerprint density at radius 3 is 1.91 bits per heavy atom. The molecule has 0 atom stereocenters. The van der Waals surface area contributed by atoms with Crippen molar-refractivity contribution >= 4 is 95.9 Å². The van der Waals surface area contributed by atoms with Crippen molar-refractivity contribution in [2.24, 2.45) is 14.1 Å². The summed E-state index contributed by atoms with van der Waals surface area (Å²) in [7, 11) is 3.67. The number of Topliss-reactive ketones (excluding diaryl/α,β-unsaturated/α-hetero) is 1. The zero-order valence-electron chi connectivity index (χ0n) is 37.6. The minimum absolute atomic E-state index is 0.00979. The molecule has 18 heteroatoms. The molecular weight excluding hydrogens is 977 g/mol. The van der Waals surface area contributed by atoms with Gasteiger partial charge in [-0.05, 0) is 103 Å². The average molecular weight is 1020 g/mol. The molecule has 4 aromatic carbocycles. The van der Waals surface area contributed by atoms with Crippen LogP contribution in [0.4, 0.5) is 23.0 Å². The van der Waals surface area contributed by atoms with Crippen LogP contribution in [0.1, 0.15) is 37.4 Å². The van der Waals surface area contributed by atoms with Gasteiger partial charge in [0.25, 0.3) is 5.91 Å². The van der Waals surface area contributed by atoms with Crippen molar-refractivity contribution in [3.63, 3.8) is 0 Å². The molecule has 0 fully saturated rings. The summed E-state index contributed by atoms with van der Waals surface area (Å²) in [5.74, 6) is 1.96. The number of aryl methyl sites for hydroxylation is 4. The molecule has 0 spiro atoms. The quantitative estimate of drug-likeness (QED) is 0.116. The number of pyridine rings is 2. The Balaban J connectivity index is 0.000000154. The Hall–Kier alpha value is -7.92. The summed E-state index contributed by atoms with van der Waals surface area (Å²) in [5, 5.41) is 17.7. The van der Waals surface area contributed by atoms with Crippen LogP contribution in [0.5, 0.6) is 0 Å². The lowest BCUT2D eigenvalue weighted by atomic mass is 10.0. The highest BCUT2D eigenvalue weighted by molar-refractivity contribution is 9.10. The van der Waals surface area contributed by atoms with E-state index < -0.39 is 0 Å². The van der Waals surface area contributed by atoms with Gasteiger partial charge in [-0.3, -0.25) is 28.9 Å². The lowest BCUT2D eigenvalue weighted by Gasteiger charge is -2.12. The number of nitrogens with zero attached hydrogens (tertiary/aromatic N) is 10. The van der Waals surface area contributed by atoms with Gasteiger partial charge in [0.15, 0.2) is 28.7 Å². The van der Waals surface area contributed by atoms with Crippen molar-refractivity contribution in [1.29, 1.82) is 0 Å². The summed E-state index contributed by atoms with van der Waals surface area (Å²) >= 11 is 15.3.